The van der Waals surface area contributed by atoms with Crippen molar-refractivity contribution < 1.29 is 18.7 Å². The monoisotopic (exact) mass is 220 g/mol. The third kappa shape index (κ3) is 1.82. The zero-order valence-corrected chi connectivity index (χ0v) is 8.53. The minimum atomic E-state index is -1.06. The van der Waals surface area contributed by atoms with Crippen LogP contribution in [0.25, 0.3) is 11.3 Å². The van der Waals surface area contributed by atoms with E-state index in [1.165, 1.54) is 30.3 Å². The maximum absolute atomic E-state index is 12.7. The van der Waals surface area contributed by atoms with E-state index in [1.807, 2.05) is 0 Å². The van der Waals surface area contributed by atoms with Crippen LogP contribution < -0.4 is 0 Å². The molecule has 0 saturated heterocycles. The van der Waals surface area contributed by atoms with E-state index < -0.39 is 5.97 Å². The van der Waals surface area contributed by atoms with Crippen molar-refractivity contribution >= 4 is 5.97 Å². The average molecular weight is 220 g/mol. The van der Waals surface area contributed by atoms with Crippen molar-refractivity contribution in [1.29, 1.82) is 0 Å². The molecule has 0 aliphatic heterocycles. The number of hydrogen-bond donors (Lipinski definition) is 1. The Kier molecular flexibility index (Phi) is 2.48. The Balaban J connectivity index is 2.55. The van der Waals surface area contributed by atoms with E-state index >= 15 is 0 Å². The van der Waals surface area contributed by atoms with Crippen LogP contribution in [0.1, 0.15) is 16.1 Å². The summed E-state index contributed by atoms with van der Waals surface area (Å²) in [7, 11) is 0. The molecule has 82 valence electrons. The molecule has 4 heteroatoms. The average Bonchev–Trinajstić information content (AvgIpc) is 2.61. The van der Waals surface area contributed by atoms with Crippen LogP contribution in [0.5, 0.6) is 0 Å². The topological polar surface area (TPSA) is 50.4 Å². The highest BCUT2D eigenvalue weighted by molar-refractivity contribution is 5.94. The van der Waals surface area contributed by atoms with Gasteiger partial charge in [-0.15, -0.1) is 0 Å². The van der Waals surface area contributed by atoms with Crippen LogP contribution in [0.2, 0.25) is 0 Å². The summed E-state index contributed by atoms with van der Waals surface area (Å²) in [5, 5.41) is 8.96. The van der Waals surface area contributed by atoms with Gasteiger partial charge in [0.15, 0.2) is 0 Å². The van der Waals surface area contributed by atoms with E-state index in [2.05, 4.69) is 0 Å². The first-order chi connectivity index (χ1) is 7.58. The van der Waals surface area contributed by atoms with Gasteiger partial charge in [-0.3, -0.25) is 0 Å². The third-order valence-electron chi connectivity index (χ3n) is 2.19. The predicted octanol–water partition coefficient (Wildman–Crippen LogP) is 3.09. The van der Waals surface area contributed by atoms with Gasteiger partial charge in [0, 0.05) is 5.56 Å². The highest BCUT2D eigenvalue weighted by Crippen LogP contribution is 2.27. The number of carbonyl (C=O) groups is 1. The predicted molar refractivity (Wildman–Crippen MR) is 55.8 cm³/mol. The molecule has 0 saturated carbocycles. The Hall–Kier alpha value is -2.10. The molecule has 1 aromatic heterocycles. The number of aryl methyl sites for hydroxylation is 1. The summed E-state index contributed by atoms with van der Waals surface area (Å²) in [6.45, 7) is 1.67. The second kappa shape index (κ2) is 3.81. The first kappa shape index (κ1) is 10.4. The maximum Gasteiger partial charge on any atom is 0.339 e. The van der Waals surface area contributed by atoms with Crippen molar-refractivity contribution in [1.82, 2.24) is 0 Å². The molecule has 0 radical (unpaired) electrons. The van der Waals surface area contributed by atoms with E-state index in [0.717, 1.165) is 0 Å². The van der Waals surface area contributed by atoms with Crippen molar-refractivity contribution in [2.75, 3.05) is 0 Å². The number of rotatable bonds is 2. The number of carboxylic acids is 1. The van der Waals surface area contributed by atoms with Gasteiger partial charge in [-0.2, -0.15) is 0 Å². The Morgan fingerprint density at radius 2 is 1.94 bits per heavy atom. The van der Waals surface area contributed by atoms with Crippen LogP contribution in [0.15, 0.2) is 34.7 Å². The minimum Gasteiger partial charge on any atom is -0.478 e. The van der Waals surface area contributed by atoms with E-state index in [9.17, 15) is 9.18 Å². The van der Waals surface area contributed by atoms with Gasteiger partial charge >= 0.3 is 5.97 Å². The number of benzene rings is 1. The molecule has 16 heavy (non-hydrogen) atoms. The molecular formula is C12H9FO3. The molecule has 3 nitrogen and oxygen atoms in total. The number of carboxylic acid groups (broad SMARTS) is 1. The molecule has 0 unspecified atom stereocenters. The minimum absolute atomic E-state index is 0.0871. The SMILES string of the molecule is Cc1cc(C(=O)O)c(-c2ccc(F)cc2)o1. The number of hydrogen-bond acceptors (Lipinski definition) is 2. The summed E-state index contributed by atoms with van der Waals surface area (Å²) < 4.78 is 18.0. The molecule has 0 amide bonds. The van der Waals surface area contributed by atoms with Crippen LogP contribution in [-0.2, 0) is 0 Å². The van der Waals surface area contributed by atoms with Crippen LogP contribution in [0.3, 0.4) is 0 Å². The number of furan rings is 1. The summed E-state index contributed by atoms with van der Waals surface area (Å²) in [4.78, 5) is 10.9. The summed E-state index contributed by atoms with van der Waals surface area (Å²) in [6, 6.07) is 6.94. The van der Waals surface area contributed by atoms with Gasteiger partial charge < -0.3 is 9.52 Å². The summed E-state index contributed by atoms with van der Waals surface area (Å²) >= 11 is 0. The fourth-order valence-corrected chi connectivity index (χ4v) is 1.49. The van der Waals surface area contributed by atoms with E-state index in [4.69, 9.17) is 9.52 Å². The second-order valence-corrected chi connectivity index (χ2v) is 3.41. The smallest absolute Gasteiger partial charge is 0.339 e. The van der Waals surface area contributed by atoms with Gasteiger partial charge in [0.05, 0.1) is 0 Å². The highest BCUT2D eigenvalue weighted by Gasteiger charge is 2.16. The van der Waals surface area contributed by atoms with Crippen molar-refractivity contribution in [2.24, 2.45) is 0 Å². The Morgan fingerprint density at radius 1 is 1.31 bits per heavy atom. The van der Waals surface area contributed by atoms with Crippen LogP contribution in [0.4, 0.5) is 4.39 Å². The molecule has 1 aromatic carbocycles. The molecule has 2 aromatic rings. The van der Waals surface area contributed by atoms with E-state index in [-0.39, 0.29) is 17.1 Å². The maximum atomic E-state index is 12.7. The highest BCUT2D eigenvalue weighted by atomic mass is 19.1. The number of aromatic carboxylic acids is 1. The van der Waals surface area contributed by atoms with Crippen molar-refractivity contribution in [3.63, 3.8) is 0 Å². The first-order valence-corrected chi connectivity index (χ1v) is 4.67. The van der Waals surface area contributed by atoms with Gasteiger partial charge in [-0.05, 0) is 37.3 Å². The van der Waals surface area contributed by atoms with Crippen molar-refractivity contribution in [3.05, 3.63) is 47.5 Å². The van der Waals surface area contributed by atoms with E-state index in [1.54, 1.807) is 6.92 Å². The molecule has 1 N–H and O–H groups in total. The fraction of sp³-hybridized carbons (Fsp3) is 0.0833. The first-order valence-electron chi connectivity index (χ1n) is 4.67. The quantitative estimate of drug-likeness (QED) is 0.845. The molecular weight excluding hydrogens is 211 g/mol. The molecule has 0 fully saturated rings. The molecule has 0 spiro atoms. The zero-order chi connectivity index (χ0) is 11.7. The third-order valence-corrected chi connectivity index (χ3v) is 2.19. The molecule has 0 aliphatic rings. The van der Waals surface area contributed by atoms with Gasteiger partial charge in [0.1, 0.15) is 22.9 Å². The standard InChI is InChI=1S/C12H9FO3/c1-7-6-10(12(14)15)11(16-7)8-2-4-9(13)5-3-8/h2-6H,1H3,(H,14,15). The second-order valence-electron chi connectivity index (χ2n) is 3.41. The van der Waals surface area contributed by atoms with Gasteiger partial charge in [0.25, 0.3) is 0 Å². The van der Waals surface area contributed by atoms with Gasteiger partial charge in [-0.1, -0.05) is 0 Å². The fourth-order valence-electron chi connectivity index (χ4n) is 1.49. The lowest BCUT2D eigenvalue weighted by Crippen LogP contribution is -1.95. The van der Waals surface area contributed by atoms with Crippen LogP contribution in [-0.4, -0.2) is 11.1 Å². The Labute approximate surface area is 91.1 Å². The van der Waals surface area contributed by atoms with E-state index in [0.29, 0.717) is 11.3 Å². The zero-order valence-electron chi connectivity index (χ0n) is 8.53. The molecule has 0 bridgehead atoms. The van der Waals surface area contributed by atoms with Crippen molar-refractivity contribution in [2.45, 2.75) is 6.92 Å². The summed E-state index contributed by atoms with van der Waals surface area (Å²) in [5.41, 5.74) is 0.635. The normalized spacial score (nSPS) is 10.4. The lowest BCUT2D eigenvalue weighted by molar-refractivity contribution is 0.0697. The Bertz CT molecular complexity index is 526. The molecule has 2 rings (SSSR count). The molecule has 0 atom stereocenters. The largest absolute Gasteiger partial charge is 0.478 e. The molecule has 0 aliphatic carbocycles. The van der Waals surface area contributed by atoms with Gasteiger partial charge in [0.2, 0.25) is 0 Å². The van der Waals surface area contributed by atoms with Crippen LogP contribution >= 0.6 is 0 Å². The Morgan fingerprint density at radius 3 is 2.50 bits per heavy atom. The lowest BCUT2D eigenvalue weighted by Gasteiger charge is -1.98. The van der Waals surface area contributed by atoms with Crippen LogP contribution in [0, 0.1) is 12.7 Å². The summed E-state index contributed by atoms with van der Waals surface area (Å²) in [6.07, 6.45) is 0. The number of halogens is 1. The summed E-state index contributed by atoms with van der Waals surface area (Å²) in [5.74, 6) is -0.665. The van der Waals surface area contributed by atoms with Gasteiger partial charge in [-0.25, -0.2) is 9.18 Å². The molecule has 1 heterocycles. The lowest BCUT2D eigenvalue weighted by atomic mass is 10.1. The van der Waals surface area contributed by atoms with Crippen molar-refractivity contribution in [3.8, 4) is 11.3 Å².